The molecule has 1 heterocycles. The number of nitrogens with two attached hydrogens (primary N) is 1. The number of hydrogen-bond donors (Lipinski definition) is 1. The Kier molecular flexibility index (Phi) is 3.87. The molecule has 0 saturated heterocycles. The van der Waals surface area contributed by atoms with Gasteiger partial charge >= 0.3 is 0 Å². The van der Waals surface area contributed by atoms with E-state index < -0.39 is 0 Å². The normalized spacial score (nSPS) is 29.2. The van der Waals surface area contributed by atoms with Crippen LogP contribution in [0.25, 0.3) is 0 Å². The maximum absolute atomic E-state index is 6.45. The summed E-state index contributed by atoms with van der Waals surface area (Å²) < 4.78 is 0. The first-order valence-electron chi connectivity index (χ1n) is 7.91. The van der Waals surface area contributed by atoms with Crippen LogP contribution in [0.2, 0.25) is 5.02 Å². The summed E-state index contributed by atoms with van der Waals surface area (Å²) in [6.45, 7) is 5.43. The summed E-state index contributed by atoms with van der Waals surface area (Å²) >= 11 is 6.45. The molecule has 1 spiro atoms. The van der Waals surface area contributed by atoms with Crippen molar-refractivity contribution in [1.82, 2.24) is 0 Å². The lowest BCUT2D eigenvalue weighted by atomic mass is 9.67. The summed E-state index contributed by atoms with van der Waals surface area (Å²) in [4.78, 5) is 6.84. The van der Waals surface area contributed by atoms with E-state index in [0.717, 1.165) is 23.7 Å². The van der Waals surface area contributed by atoms with Crippen molar-refractivity contribution < 1.29 is 0 Å². The van der Waals surface area contributed by atoms with Crippen LogP contribution in [0.5, 0.6) is 0 Å². The van der Waals surface area contributed by atoms with Crippen LogP contribution in [0.3, 0.4) is 0 Å². The van der Waals surface area contributed by atoms with Gasteiger partial charge in [-0.05, 0) is 36.8 Å². The fourth-order valence-electron chi connectivity index (χ4n) is 4.26. The average molecular weight is 306 g/mol. The van der Waals surface area contributed by atoms with Gasteiger partial charge in [0.15, 0.2) is 5.96 Å². The zero-order valence-electron chi connectivity index (χ0n) is 12.8. The van der Waals surface area contributed by atoms with Crippen molar-refractivity contribution in [2.75, 3.05) is 11.4 Å². The van der Waals surface area contributed by atoms with Gasteiger partial charge < -0.3 is 10.6 Å². The monoisotopic (exact) mass is 305 g/mol. The molecule has 3 nitrogen and oxygen atoms in total. The Hall–Kier alpha value is -1.22. The van der Waals surface area contributed by atoms with Gasteiger partial charge in [0.05, 0.1) is 22.8 Å². The Morgan fingerprint density at radius 2 is 2.10 bits per heavy atom. The van der Waals surface area contributed by atoms with Gasteiger partial charge in [0.2, 0.25) is 0 Å². The second kappa shape index (κ2) is 5.53. The number of hydrogen-bond acceptors (Lipinski definition) is 3. The molecule has 0 radical (unpaired) electrons. The quantitative estimate of drug-likeness (QED) is 0.895. The van der Waals surface area contributed by atoms with E-state index in [9.17, 15) is 0 Å². The predicted molar refractivity (Wildman–Crippen MR) is 89.9 cm³/mol. The molecular formula is C17H24ClN3. The fraction of sp³-hybridized carbons (Fsp3) is 0.588. The van der Waals surface area contributed by atoms with Gasteiger partial charge in [0, 0.05) is 0 Å². The third-order valence-corrected chi connectivity index (χ3v) is 5.47. The Morgan fingerprint density at radius 3 is 2.81 bits per heavy atom. The lowest BCUT2D eigenvalue weighted by Gasteiger charge is -2.49. The van der Waals surface area contributed by atoms with Crippen LogP contribution in [-0.2, 0) is 0 Å². The Balaban J connectivity index is 2.07. The highest BCUT2D eigenvalue weighted by atomic mass is 35.5. The number of rotatable bonds is 2. The molecule has 1 aliphatic carbocycles. The molecular weight excluding hydrogens is 282 g/mol. The maximum Gasteiger partial charge on any atom is 0.196 e. The topological polar surface area (TPSA) is 41.6 Å². The Labute approximate surface area is 132 Å². The largest absolute Gasteiger partial charge is 0.369 e. The van der Waals surface area contributed by atoms with Crippen LogP contribution in [0, 0.1) is 11.8 Å². The molecule has 1 aromatic rings. The number of nitrogens with zero attached hydrogens (tertiary/aromatic N) is 2. The summed E-state index contributed by atoms with van der Waals surface area (Å²) in [6.07, 6.45) is 4.94. The van der Waals surface area contributed by atoms with E-state index in [2.05, 4.69) is 29.8 Å². The van der Waals surface area contributed by atoms with Gasteiger partial charge in [0.25, 0.3) is 0 Å². The molecule has 1 saturated carbocycles. The molecule has 2 N–H and O–H groups in total. The molecule has 1 aromatic carbocycles. The molecule has 1 aliphatic heterocycles. The number of guanidine groups is 1. The van der Waals surface area contributed by atoms with E-state index in [-0.39, 0.29) is 5.54 Å². The molecule has 0 amide bonds. The first-order valence-corrected chi connectivity index (χ1v) is 8.29. The number of anilines is 1. The highest BCUT2D eigenvalue weighted by Crippen LogP contribution is 2.47. The zero-order chi connectivity index (χ0) is 15.0. The highest BCUT2D eigenvalue weighted by molar-refractivity contribution is 6.34. The zero-order valence-corrected chi connectivity index (χ0v) is 13.6. The van der Waals surface area contributed by atoms with Gasteiger partial charge in [-0.3, -0.25) is 4.99 Å². The molecule has 2 aliphatic rings. The molecule has 2 atom stereocenters. The summed E-state index contributed by atoms with van der Waals surface area (Å²) in [5, 5.41) is 0.755. The predicted octanol–water partition coefficient (Wildman–Crippen LogP) is 4.06. The smallest absolute Gasteiger partial charge is 0.196 e. The lowest BCUT2D eigenvalue weighted by Crippen LogP contribution is -2.59. The van der Waals surface area contributed by atoms with Crippen molar-refractivity contribution in [2.24, 2.45) is 22.6 Å². The van der Waals surface area contributed by atoms with E-state index in [0.29, 0.717) is 17.8 Å². The van der Waals surface area contributed by atoms with E-state index in [1.54, 1.807) is 0 Å². The minimum Gasteiger partial charge on any atom is -0.369 e. The van der Waals surface area contributed by atoms with E-state index in [4.69, 9.17) is 17.3 Å². The number of aliphatic imine (C=N–C) groups is 1. The van der Waals surface area contributed by atoms with Crippen LogP contribution in [0.4, 0.5) is 5.69 Å². The Morgan fingerprint density at radius 1 is 1.33 bits per heavy atom. The second-order valence-electron chi connectivity index (χ2n) is 6.66. The van der Waals surface area contributed by atoms with Crippen molar-refractivity contribution in [3.63, 3.8) is 0 Å². The third kappa shape index (κ3) is 2.32. The minimum atomic E-state index is 0.0154. The summed E-state index contributed by atoms with van der Waals surface area (Å²) in [6, 6.07) is 7.98. The molecule has 114 valence electrons. The van der Waals surface area contributed by atoms with Crippen molar-refractivity contribution >= 4 is 23.2 Å². The SMILES string of the molecule is CC(C)C1CCCCC12CN=C(N)N2c1ccccc1Cl. The standard InChI is InChI=1S/C17H24ClN3/c1-12(2)13-7-5-6-10-17(13)11-20-16(19)21(17)15-9-4-3-8-14(15)18/h3-4,8-9,12-13H,5-7,10-11H2,1-2H3,(H2,19,20). The van der Waals surface area contributed by atoms with Crippen LogP contribution in [0.15, 0.2) is 29.3 Å². The van der Waals surface area contributed by atoms with Gasteiger partial charge in [-0.1, -0.05) is 50.4 Å². The summed E-state index contributed by atoms with van der Waals surface area (Å²) in [7, 11) is 0. The van der Waals surface area contributed by atoms with Crippen LogP contribution < -0.4 is 10.6 Å². The van der Waals surface area contributed by atoms with Crippen molar-refractivity contribution in [3.8, 4) is 0 Å². The fourth-order valence-corrected chi connectivity index (χ4v) is 4.48. The van der Waals surface area contributed by atoms with Crippen molar-refractivity contribution in [1.29, 1.82) is 0 Å². The first-order chi connectivity index (χ1) is 10.1. The van der Waals surface area contributed by atoms with E-state index >= 15 is 0 Å². The molecule has 2 unspecified atom stereocenters. The minimum absolute atomic E-state index is 0.0154. The summed E-state index contributed by atoms with van der Waals surface area (Å²) in [5.41, 5.74) is 7.29. The third-order valence-electron chi connectivity index (χ3n) is 5.15. The highest BCUT2D eigenvalue weighted by Gasteiger charge is 2.51. The van der Waals surface area contributed by atoms with E-state index in [1.165, 1.54) is 19.3 Å². The first kappa shape index (κ1) is 14.7. The van der Waals surface area contributed by atoms with Gasteiger partial charge in [-0.25, -0.2) is 0 Å². The molecule has 4 heteroatoms. The summed E-state index contributed by atoms with van der Waals surface area (Å²) in [5.74, 6) is 1.85. The second-order valence-corrected chi connectivity index (χ2v) is 7.07. The number of benzene rings is 1. The average Bonchev–Trinajstić information content (AvgIpc) is 2.77. The van der Waals surface area contributed by atoms with Crippen molar-refractivity contribution in [3.05, 3.63) is 29.3 Å². The molecule has 3 rings (SSSR count). The molecule has 1 fully saturated rings. The van der Waals surface area contributed by atoms with Gasteiger partial charge in [0.1, 0.15) is 0 Å². The van der Waals surface area contributed by atoms with E-state index in [1.807, 2.05) is 18.2 Å². The lowest BCUT2D eigenvalue weighted by molar-refractivity contribution is 0.157. The van der Waals surface area contributed by atoms with Crippen molar-refractivity contribution in [2.45, 2.75) is 45.1 Å². The van der Waals surface area contributed by atoms with Crippen LogP contribution in [0.1, 0.15) is 39.5 Å². The molecule has 21 heavy (non-hydrogen) atoms. The molecule has 0 aromatic heterocycles. The number of halogens is 1. The maximum atomic E-state index is 6.45. The molecule has 0 bridgehead atoms. The van der Waals surface area contributed by atoms with Crippen LogP contribution >= 0.6 is 11.6 Å². The number of para-hydroxylation sites is 1. The van der Waals surface area contributed by atoms with Crippen LogP contribution in [-0.4, -0.2) is 18.0 Å². The van der Waals surface area contributed by atoms with Gasteiger partial charge in [-0.15, -0.1) is 0 Å². The Bertz CT molecular complexity index is 555. The van der Waals surface area contributed by atoms with Gasteiger partial charge in [-0.2, -0.15) is 0 Å².